The summed E-state index contributed by atoms with van der Waals surface area (Å²) >= 11 is 19.0. The van der Waals surface area contributed by atoms with E-state index in [2.05, 4.69) is 41.6 Å². The molecule has 5 aromatic rings. The Hall–Kier alpha value is -2.97. The van der Waals surface area contributed by atoms with Crippen LogP contribution in [-0.4, -0.2) is 16.0 Å². The fraction of sp³-hybridized carbons (Fsp3) is 0.148. The molecule has 0 spiro atoms. The van der Waals surface area contributed by atoms with E-state index in [0.29, 0.717) is 33.3 Å². The fourth-order valence-electron chi connectivity index (χ4n) is 3.76. The molecule has 0 unspecified atom stereocenters. The van der Waals surface area contributed by atoms with Crippen molar-refractivity contribution in [2.24, 2.45) is 0 Å². The number of thiocarbonyl (C=S) groups is 1. The first-order chi connectivity index (χ1) is 17.3. The second kappa shape index (κ2) is 10.2. The number of fused-ring (bicyclic) bond motifs is 2. The van der Waals surface area contributed by atoms with Crippen molar-refractivity contribution in [3.63, 3.8) is 0 Å². The van der Waals surface area contributed by atoms with Gasteiger partial charge in [0.15, 0.2) is 10.7 Å². The molecule has 0 saturated heterocycles. The Morgan fingerprint density at radius 2 is 1.86 bits per heavy atom. The molecule has 5 nitrogen and oxygen atoms in total. The number of hydrogen-bond donors (Lipinski definition) is 2. The van der Waals surface area contributed by atoms with Crippen molar-refractivity contribution in [3.05, 3.63) is 86.7 Å². The molecule has 5 rings (SSSR count). The number of nitrogens with zero attached hydrogens (tertiary/aromatic N) is 1. The van der Waals surface area contributed by atoms with Gasteiger partial charge in [-0.15, -0.1) is 11.3 Å². The van der Waals surface area contributed by atoms with Gasteiger partial charge in [-0.05, 0) is 65.7 Å². The molecule has 0 radical (unpaired) electrons. The average Bonchev–Trinajstić information content (AvgIpc) is 3.43. The molecule has 0 fully saturated rings. The molecule has 3 aromatic carbocycles. The van der Waals surface area contributed by atoms with Crippen LogP contribution >= 0.6 is 46.8 Å². The highest BCUT2D eigenvalue weighted by Crippen LogP contribution is 2.36. The number of aromatic nitrogens is 1. The molecule has 1 amide bonds. The van der Waals surface area contributed by atoms with E-state index >= 15 is 0 Å². The number of thiophene rings is 1. The van der Waals surface area contributed by atoms with E-state index in [-0.39, 0.29) is 11.0 Å². The number of benzene rings is 3. The Labute approximate surface area is 227 Å². The molecule has 2 aromatic heterocycles. The van der Waals surface area contributed by atoms with Gasteiger partial charge >= 0.3 is 0 Å². The van der Waals surface area contributed by atoms with Crippen molar-refractivity contribution >= 4 is 79.0 Å². The zero-order chi connectivity index (χ0) is 25.4. The maximum atomic E-state index is 12.7. The van der Waals surface area contributed by atoms with Gasteiger partial charge in [-0.3, -0.25) is 10.1 Å². The first-order valence-corrected chi connectivity index (χ1v) is 13.2. The lowest BCUT2D eigenvalue weighted by atomic mass is 10.0. The first kappa shape index (κ1) is 24.7. The third-order valence-electron chi connectivity index (χ3n) is 5.76. The number of rotatable bonds is 5. The van der Waals surface area contributed by atoms with Gasteiger partial charge in [0, 0.05) is 27.2 Å². The van der Waals surface area contributed by atoms with Gasteiger partial charge in [0.25, 0.3) is 5.91 Å². The average molecular weight is 555 g/mol. The lowest BCUT2D eigenvalue weighted by Gasteiger charge is -2.09. The predicted molar refractivity (Wildman–Crippen MR) is 152 cm³/mol. The number of nitrogens with one attached hydrogen (secondary N) is 2. The van der Waals surface area contributed by atoms with E-state index in [0.717, 1.165) is 32.3 Å². The van der Waals surface area contributed by atoms with Gasteiger partial charge in [-0.1, -0.05) is 61.3 Å². The fourth-order valence-corrected chi connectivity index (χ4v) is 5.62. The summed E-state index contributed by atoms with van der Waals surface area (Å²) < 4.78 is 6.78. The van der Waals surface area contributed by atoms with Gasteiger partial charge in [-0.25, -0.2) is 4.98 Å². The molecular formula is C27H21Cl2N3O2S2. The van der Waals surface area contributed by atoms with Crippen LogP contribution in [0.15, 0.2) is 65.1 Å². The minimum atomic E-state index is -0.359. The SMILES string of the molecule is CC(C)c1ccc2oc(-c3ccc(CNC(=S)NC(=O)c4sc5cc(Cl)ccc5c4Cl)cc3)nc2c1. The molecule has 0 aliphatic heterocycles. The lowest BCUT2D eigenvalue weighted by molar-refractivity contribution is 0.0981. The van der Waals surface area contributed by atoms with E-state index in [4.69, 9.17) is 39.8 Å². The summed E-state index contributed by atoms with van der Waals surface area (Å²) in [6.07, 6.45) is 0. The summed E-state index contributed by atoms with van der Waals surface area (Å²) in [7, 11) is 0. The molecule has 0 atom stereocenters. The molecule has 2 N–H and O–H groups in total. The second-order valence-electron chi connectivity index (χ2n) is 8.62. The van der Waals surface area contributed by atoms with E-state index in [1.54, 1.807) is 18.2 Å². The van der Waals surface area contributed by atoms with Crippen molar-refractivity contribution in [1.82, 2.24) is 15.6 Å². The van der Waals surface area contributed by atoms with Crippen LogP contribution in [0.4, 0.5) is 0 Å². The molecule has 0 aliphatic carbocycles. The number of amides is 1. The summed E-state index contributed by atoms with van der Waals surface area (Å²) in [4.78, 5) is 17.8. The van der Waals surface area contributed by atoms with Gasteiger partial charge in [0.1, 0.15) is 10.4 Å². The van der Waals surface area contributed by atoms with Crippen molar-refractivity contribution in [2.45, 2.75) is 26.3 Å². The Bertz CT molecular complexity index is 1610. The van der Waals surface area contributed by atoms with Crippen molar-refractivity contribution < 1.29 is 9.21 Å². The predicted octanol–water partition coefficient (Wildman–Crippen LogP) is 7.94. The maximum Gasteiger partial charge on any atom is 0.269 e. The Morgan fingerprint density at radius 3 is 2.61 bits per heavy atom. The zero-order valence-corrected chi connectivity index (χ0v) is 22.5. The minimum Gasteiger partial charge on any atom is -0.436 e. The molecule has 0 aliphatic rings. The van der Waals surface area contributed by atoms with Crippen LogP contribution in [0, 0.1) is 0 Å². The largest absolute Gasteiger partial charge is 0.436 e. The number of halogens is 2. The summed E-state index contributed by atoms with van der Waals surface area (Å²) in [5, 5.41) is 7.74. The molecule has 0 bridgehead atoms. The van der Waals surface area contributed by atoms with Crippen molar-refractivity contribution in [1.29, 1.82) is 0 Å². The molecular weight excluding hydrogens is 533 g/mol. The molecule has 182 valence electrons. The number of hydrogen-bond acceptors (Lipinski definition) is 5. The van der Waals surface area contributed by atoms with Crippen LogP contribution in [0.5, 0.6) is 0 Å². The van der Waals surface area contributed by atoms with E-state index in [9.17, 15) is 4.79 Å². The third-order valence-corrected chi connectivity index (χ3v) is 7.89. The second-order valence-corrected chi connectivity index (χ2v) is 10.9. The summed E-state index contributed by atoms with van der Waals surface area (Å²) in [6.45, 7) is 4.75. The maximum absolute atomic E-state index is 12.7. The lowest BCUT2D eigenvalue weighted by Crippen LogP contribution is -2.38. The Morgan fingerprint density at radius 1 is 1.08 bits per heavy atom. The van der Waals surface area contributed by atoms with Gasteiger partial charge in [0.2, 0.25) is 5.89 Å². The summed E-state index contributed by atoms with van der Waals surface area (Å²) in [6, 6.07) is 19.3. The van der Waals surface area contributed by atoms with E-state index in [1.807, 2.05) is 30.3 Å². The number of oxazole rings is 1. The summed E-state index contributed by atoms with van der Waals surface area (Å²) in [5.74, 6) is 0.648. The summed E-state index contributed by atoms with van der Waals surface area (Å²) in [5.41, 5.74) is 4.72. The highest BCUT2D eigenvalue weighted by molar-refractivity contribution is 7.80. The van der Waals surface area contributed by atoms with Crippen LogP contribution in [-0.2, 0) is 6.54 Å². The standard InChI is InChI=1S/C27H21Cl2N3O2S2/c1-14(2)17-7-10-21-20(11-17)31-26(34-21)16-5-3-15(4-6-16)13-30-27(35)32-25(33)24-23(29)19-9-8-18(28)12-22(19)36-24/h3-12,14H,13H2,1-2H3,(H2,30,32,33,35). The number of carbonyl (C=O) groups excluding carboxylic acids is 1. The Kier molecular flexibility index (Phi) is 6.99. The number of carbonyl (C=O) groups is 1. The van der Waals surface area contributed by atoms with Gasteiger partial charge in [-0.2, -0.15) is 0 Å². The van der Waals surface area contributed by atoms with Crippen LogP contribution < -0.4 is 10.6 Å². The highest BCUT2D eigenvalue weighted by Gasteiger charge is 2.18. The van der Waals surface area contributed by atoms with Crippen LogP contribution in [0.1, 0.15) is 40.6 Å². The highest BCUT2D eigenvalue weighted by atomic mass is 35.5. The van der Waals surface area contributed by atoms with Crippen molar-refractivity contribution in [2.75, 3.05) is 0 Å². The van der Waals surface area contributed by atoms with Crippen LogP contribution in [0.3, 0.4) is 0 Å². The van der Waals surface area contributed by atoms with Gasteiger partial charge < -0.3 is 9.73 Å². The molecule has 0 saturated carbocycles. The zero-order valence-electron chi connectivity index (χ0n) is 19.4. The first-order valence-electron chi connectivity index (χ1n) is 11.2. The Balaban J connectivity index is 1.21. The van der Waals surface area contributed by atoms with Gasteiger partial charge in [0.05, 0.1) is 5.02 Å². The molecule has 2 heterocycles. The topological polar surface area (TPSA) is 67.2 Å². The normalized spacial score (nSPS) is 11.4. The molecule has 36 heavy (non-hydrogen) atoms. The third kappa shape index (κ3) is 5.11. The monoisotopic (exact) mass is 553 g/mol. The molecule has 9 heteroatoms. The van der Waals surface area contributed by atoms with Crippen LogP contribution in [0.25, 0.3) is 32.6 Å². The van der Waals surface area contributed by atoms with Crippen LogP contribution in [0.2, 0.25) is 10.0 Å². The van der Waals surface area contributed by atoms with E-state index in [1.165, 1.54) is 16.9 Å². The van der Waals surface area contributed by atoms with E-state index < -0.39 is 0 Å². The minimum absolute atomic E-state index is 0.218. The quantitative estimate of drug-likeness (QED) is 0.216. The van der Waals surface area contributed by atoms with Crippen molar-refractivity contribution in [3.8, 4) is 11.5 Å². The smallest absolute Gasteiger partial charge is 0.269 e.